The number of unbranched alkanes of at least 4 members (excludes halogenated alkanes) is 1. The van der Waals surface area contributed by atoms with E-state index in [1.807, 2.05) is 112 Å². The van der Waals surface area contributed by atoms with E-state index in [1.54, 1.807) is 25.7 Å². The average molecular weight is 608 g/mol. The molecule has 0 bridgehead atoms. The number of carbonyl (C=O) groups is 3. The number of aryl methyl sites for hydroxylation is 2. The van der Waals surface area contributed by atoms with Crippen LogP contribution in [-0.2, 0) is 20.7 Å². The SMILES string of the molecule is CCCCN(C(=O)C(Cc1ccccc1)NC(=O)OC(C)(C)C)C(C(=O)Nc1ccc2ccccc2c1)c1c(C)cccc1C. The molecule has 7 heteroatoms. The van der Waals surface area contributed by atoms with Crippen LogP contribution in [0.5, 0.6) is 0 Å². The quantitative estimate of drug-likeness (QED) is 0.181. The summed E-state index contributed by atoms with van der Waals surface area (Å²) in [6.07, 6.45) is 1.06. The van der Waals surface area contributed by atoms with Gasteiger partial charge in [-0.15, -0.1) is 0 Å². The van der Waals surface area contributed by atoms with Crippen molar-refractivity contribution in [3.05, 3.63) is 113 Å². The van der Waals surface area contributed by atoms with E-state index in [4.69, 9.17) is 4.74 Å². The second-order valence-electron chi connectivity index (χ2n) is 12.5. The Morgan fingerprint density at radius 3 is 2.11 bits per heavy atom. The molecule has 0 aromatic heterocycles. The minimum atomic E-state index is -0.959. The summed E-state index contributed by atoms with van der Waals surface area (Å²) in [5, 5.41) is 8.02. The summed E-state index contributed by atoms with van der Waals surface area (Å²) in [6, 6.07) is 27.3. The number of fused-ring (bicyclic) bond motifs is 1. The van der Waals surface area contributed by atoms with E-state index in [0.29, 0.717) is 18.7 Å². The number of carbonyl (C=O) groups excluding carboxylic acids is 3. The zero-order valence-electron chi connectivity index (χ0n) is 27.2. The lowest BCUT2D eigenvalue weighted by atomic mass is 9.93. The van der Waals surface area contributed by atoms with Crippen molar-refractivity contribution in [1.82, 2.24) is 10.2 Å². The molecule has 0 heterocycles. The van der Waals surface area contributed by atoms with Gasteiger partial charge in [0.2, 0.25) is 5.91 Å². The van der Waals surface area contributed by atoms with Crippen LogP contribution in [-0.4, -0.2) is 41.0 Å². The number of rotatable bonds is 11. The number of anilines is 1. The van der Waals surface area contributed by atoms with Gasteiger partial charge >= 0.3 is 6.09 Å². The summed E-state index contributed by atoms with van der Waals surface area (Å²) >= 11 is 0. The Balaban J connectivity index is 1.78. The monoisotopic (exact) mass is 607 g/mol. The zero-order valence-corrected chi connectivity index (χ0v) is 27.2. The van der Waals surface area contributed by atoms with Gasteiger partial charge in [-0.1, -0.05) is 92.2 Å². The van der Waals surface area contributed by atoms with Crippen LogP contribution in [0, 0.1) is 13.8 Å². The maximum atomic E-state index is 14.7. The van der Waals surface area contributed by atoms with Crippen LogP contribution in [0.4, 0.5) is 10.5 Å². The summed E-state index contributed by atoms with van der Waals surface area (Å²) in [5.74, 6) is -0.664. The van der Waals surface area contributed by atoms with Crippen LogP contribution in [0.2, 0.25) is 0 Å². The normalized spacial score (nSPS) is 12.7. The third-order valence-electron chi connectivity index (χ3n) is 7.70. The van der Waals surface area contributed by atoms with Crippen molar-refractivity contribution in [3.8, 4) is 0 Å². The second kappa shape index (κ2) is 14.9. The van der Waals surface area contributed by atoms with Gasteiger partial charge < -0.3 is 20.3 Å². The van der Waals surface area contributed by atoms with Gasteiger partial charge in [-0.05, 0) is 86.2 Å². The molecule has 0 radical (unpaired) electrons. The lowest BCUT2D eigenvalue weighted by molar-refractivity contribution is -0.140. The number of hydrogen-bond acceptors (Lipinski definition) is 4. The molecule has 2 unspecified atom stereocenters. The number of benzene rings is 4. The molecule has 2 N–H and O–H groups in total. The molecule has 4 aromatic rings. The Hall–Kier alpha value is -4.65. The molecule has 7 nitrogen and oxygen atoms in total. The molecule has 0 aliphatic carbocycles. The molecule has 4 aromatic carbocycles. The van der Waals surface area contributed by atoms with Crippen LogP contribution in [0.25, 0.3) is 10.8 Å². The van der Waals surface area contributed by atoms with Crippen molar-refractivity contribution < 1.29 is 19.1 Å². The standard InChI is InChI=1S/C38H45N3O4/c1-7-8-23-41(36(43)32(24-28-17-10-9-11-18-28)40-37(44)45-38(4,5)6)34(33-26(2)15-14-16-27(33)3)35(42)39-31-22-21-29-19-12-13-20-30(29)25-31/h9-22,25,32,34H,7-8,23-24H2,1-6H3,(H,39,42)(H,40,44). The Labute approximate surface area is 267 Å². The summed E-state index contributed by atoms with van der Waals surface area (Å²) < 4.78 is 5.56. The number of ether oxygens (including phenoxy) is 1. The lowest BCUT2D eigenvalue weighted by Crippen LogP contribution is -2.53. The molecule has 45 heavy (non-hydrogen) atoms. The van der Waals surface area contributed by atoms with Gasteiger partial charge in [0.05, 0.1) is 0 Å². The van der Waals surface area contributed by atoms with E-state index < -0.39 is 23.8 Å². The molecule has 0 saturated heterocycles. The van der Waals surface area contributed by atoms with Crippen LogP contribution in [0.15, 0.2) is 91.0 Å². The van der Waals surface area contributed by atoms with Crippen LogP contribution in [0.3, 0.4) is 0 Å². The molecule has 0 aliphatic rings. The van der Waals surface area contributed by atoms with Crippen molar-refractivity contribution in [3.63, 3.8) is 0 Å². The second-order valence-corrected chi connectivity index (χ2v) is 12.5. The van der Waals surface area contributed by atoms with E-state index in [1.165, 1.54) is 0 Å². The molecular formula is C38H45N3O4. The minimum absolute atomic E-state index is 0.243. The third-order valence-corrected chi connectivity index (χ3v) is 7.70. The fraction of sp³-hybridized carbons (Fsp3) is 0.342. The van der Waals surface area contributed by atoms with Crippen molar-refractivity contribution in [2.45, 2.75) is 78.5 Å². The molecule has 2 atom stereocenters. The van der Waals surface area contributed by atoms with Gasteiger partial charge in [0.15, 0.2) is 0 Å². The van der Waals surface area contributed by atoms with Gasteiger partial charge in [-0.2, -0.15) is 0 Å². The van der Waals surface area contributed by atoms with E-state index >= 15 is 0 Å². The Bertz CT molecular complexity index is 1610. The van der Waals surface area contributed by atoms with E-state index in [-0.39, 0.29) is 18.2 Å². The minimum Gasteiger partial charge on any atom is -0.444 e. The molecule has 236 valence electrons. The molecule has 0 spiro atoms. The molecule has 3 amide bonds. The van der Waals surface area contributed by atoms with Gasteiger partial charge in [-0.3, -0.25) is 9.59 Å². The Kier molecular flexibility index (Phi) is 11.0. The Morgan fingerprint density at radius 1 is 0.822 bits per heavy atom. The first-order valence-corrected chi connectivity index (χ1v) is 15.7. The largest absolute Gasteiger partial charge is 0.444 e. The predicted octanol–water partition coefficient (Wildman–Crippen LogP) is 7.90. The van der Waals surface area contributed by atoms with Gasteiger partial charge in [0.25, 0.3) is 5.91 Å². The van der Waals surface area contributed by atoms with E-state index in [2.05, 4.69) is 10.6 Å². The Morgan fingerprint density at radius 2 is 1.47 bits per heavy atom. The number of nitrogens with one attached hydrogen (secondary N) is 2. The van der Waals surface area contributed by atoms with Gasteiger partial charge in [0.1, 0.15) is 17.7 Å². The number of amides is 3. The highest BCUT2D eigenvalue weighted by molar-refractivity contribution is 6.00. The van der Waals surface area contributed by atoms with Crippen molar-refractivity contribution in [2.24, 2.45) is 0 Å². The highest BCUT2D eigenvalue weighted by Gasteiger charge is 2.37. The van der Waals surface area contributed by atoms with Crippen molar-refractivity contribution in [2.75, 3.05) is 11.9 Å². The fourth-order valence-corrected chi connectivity index (χ4v) is 5.56. The first-order chi connectivity index (χ1) is 21.5. The molecule has 0 aliphatic heterocycles. The van der Waals surface area contributed by atoms with Crippen molar-refractivity contribution >= 4 is 34.4 Å². The molecular weight excluding hydrogens is 562 g/mol. The summed E-state index contributed by atoms with van der Waals surface area (Å²) in [4.78, 5) is 43.8. The highest BCUT2D eigenvalue weighted by Crippen LogP contribution is 2.31. The molecule has 0 fully saturated rings. The highest BCUT2D eigenvalue weighted by atomic mass is 16.6. The topological polar surface area (TPSA) is 87.7 Å². The van der Waals surface area contributed by atoms with Crippen LogP contribution >= 0.6 is 0 Å². The molecule has 4 rings (SSSR count). The summed E-state index contributed by atoms with van der Waals surface area (Å²) in [5.41, 5.74) is 3.37. The predicted molar refractivity (Wildman–Crippen MR) is 181 cm³/mol. The number of nitrogens with zero attached hydrogens (tertiary/aromatic N) is 1. The van der Waals surface area contributed by atoms with Gasteiger partial charge in [0, 0.05) is 18.7 Å². The van der Waals surface area contributed by atoms with Crippen molar-refractivity contribution in [1.29, 1.82) is 0 Å². The van der Waals surface area contributed by atoms with Gasteiger partial charge in [-0.25, -0.2) is 4.79 Å². The zero-order chi connectivity index (χ0) is 32.6. The van der Waals surface area contributed by atoms with E-state index in [9.17, 15) is 14.4 Å². The maximum Gasteiger partial charge on any atom is 0.408 e. The summed E-state index contributed by atoms with van der Waals surface area (Å²) in [6.45, 7) is 11.6. The van der Waals surface area contributed by atoms with Crippen LogP contribution < -0.4 is 10.6 Å². The van der Waals surface area contributed by atoms with E-state index in [0.717, 1.165) is 39.4 Å². The number of alkyl carbamates (subject to hydrolysis) is 1. The first kappa shape index (κ1) is 33.2. The molecule has 0 saturated carbocycles. The smallest absolute Gasteiger partial charge is 0.408 e. The lowest BCUT2D eigenvalue weighted by Gasteiger charge is -2.36. The maximum absolute atomic E-state index is 14.7. The fourth-order valence-electron chi connectivity index (χ4n) is 5.56. The first-order valence-electron chi connectivity index (χ1n) is 15.7. The average Bonchev–Trinajstić information content (AvgIpc) is 2.99. The summed E-state index contributed by atoms with van der Waals surface area (Å²) in [7, 11) is 0. The third kappa shape index (κ3) is 8.94. The van der Waals surface area contributed by atoms with Crippen LogP contribution in [0.1, 0.15) is 68.8 Å². The number of hydrogen-bond donors (Lipinski definition) is 2.